The van der Waals surface area contributed by atoms with Gasteiger partial charge in [0.1, 0.15) is 0 Å². The first-order valence-electron chi connectivity index (χ1n) is 5.13. The fraction of sp³-hybridized carbons (Fsp3) is 0.0909. The van der Waals surface area contributed by atoms with E-state index in [-0.39, 0.29) is 17.3 Å². The molecule has 0 aliphatic heterocycles. The summed E-state index contributed by atoms with van der Waals surface area (Å²) in [6.45, 7) is 0. The van der Waals surface area contributed by atoms with Gasteiger partial charge < -0.3 is 11.5 Å². The third-order valence-corrected chi connectivity index (χ3v) is 3.14. The average molecular weight is 261 g/mol. The molecule has 0 amide bonds. The van der Waals surface area contributed by atoms with Crippen molar-refractivity contribution in [3.63, 3.8) is 0 Å². The first-order chi connectivity index (χ1) is 8.70. The Bertz CT molecular complexity index is 538. The fourth-order valence-electron chi connectivity index (χ4n) is 1.35. The Morgan fingerprint density at radius 1 is 1.11 bits per heavy atom. The standard InChI is InChI=1S/C11H11N5OS/c12-9-8(16-17)10(13)15-11(14-9)18-6-7-4-2-1-3-5-7/h1-5H,6H2,(H4,12,13,14,15). The minimum Gasteiger partial charge on any atom is -0.382 e. The second-order valence-corrected chi connectivity index (χ2v) is 4.43. The Kier molecular flexibility index (Phi) is 3.73. The smallest absolute Gasteiger partial charge is 0.192 e. The molecule has 1 aromatic heterocycles. The van der Waals surface area contributed by atoms with Gasteiger partial charge in [0.05, 0.1) is 0 Å². The van der Waals surface area contributed by atoms with E-state index in [4.69, 9.17) is 11.5 Å². The molecule has 0 aliphatic rings. The van der Waals surface area contributed by atoms with Crippen molar-refractivity contribution in [3.05, 3.63) is 40.8 Å². The number of hydrogen-bond acceptors (Lipinski definition) is 7. The molecule has 0 aliphatic carbocycles. The zero-order valence-electron chi connectivity index (χ0n) is 9.41. The molecule has 2 rings (SSSR count). The van der Waals surface area contributed by atoms with Gasteiger partial charge in [0.2, 0.25) is 0 Å². The lowest BCUT2D eigenvalue weighted by molar-refractivity contribution is 0.982. The molecular weight excluding hydrogens is 250 g/mol. The first-order valence-corrected chi connectivity index (χ1v) is 6.12. The van der Waals surface area contributed by atoms with Crippen LogP contribution in [0.5, 0.6) is 0 Å². The largest absolute Gasteiger partial charge is 0.382 e. The number of thioether (sulfide) groups is 1. The van der Waals surface area contributed by atoms with E-state index in [0.29, 0.717) is 10.9 Å². The lowest BCUT2D eigenvalue weighted by Gasteiger charge is -2.04. The van der Waals surface area contributed by atoms with Gasteiger partial charge in [0, 0.05) is 5.75 Å². The molecule has 1 aromatic carbocycles. The fourth-order valence-corrected chi connectivity index (χ4v) is 2.16. The molecule has 92 valence electrons. The highest BCUT2D eigenvalue weighted by atomic mass is 32.2. The minimum absolute atomic E-state index is 0.00746. The molecule has 0 spiro atoms. The van der Waals surface area contributed by atoms with Gasteiger partial charge in [-0.2, -0.15) is 0 Å². The molecule has 4 N–H and O–H groups in total. The molecule has 0 saturated heterocycles. The summed E-state index contributed by atoms with van der Waals surface area (Å²) in [4.78, 5) is 18.4. The predicted octanol–water partition coefficient (Wildman–Crippen LogP) is 2.33. The summed E-state index contributed by atoms with van der Waals surface area (Å²) in [6, 6.07) is 9.87. The third-order valence-electron chi connectivity index (χ3n) is 2.22. The maximum absolute atomic E-state index is 10.4. The van der Waals surface area contributed by atoms with Crippen LogP contribution >= 0.6 is 11.8 Å². The van der Waals surface area contributed by atoms with Crippen LogP contribution in [-0.2, 0) is 5.75 Å². The molecule has 0 fully saturated rings. The molecule has 0 bridgehead atoms. The summed E-state index contributed by atoms with van der Waals surface area (Å²) in [5.74, 6) is 0.717. The van der Waals surface area contributed by atoms with Crippen LogP contribution in [0.15, 0.2) is 40.7 Å². The average Bonchev–Trinajstić information content (AvgIpc) is 2.37. The van der Waals surface area contributed by atoms with Gasteiger partial charge in [-0.05, 0) is 10.7 Å². The van der Waals surface area contributed by atoms with Crippen LogP contribution in [0.3, 0.4) is 0 Å². The van der Waals surface area contributed by atoms with Gasteiger partial charge in [-0.3, -0.25) is 0 Å². The van der Waals surface area contributed by atoms with Gasteiger partial charge in [-0.1, -0.05) is 42.1 Å². The molecule has 18 heavy (non-hydrogen) atoms. The molecule has 0 saturated carbocycles. The summed E-state index contributed by atoms with van der Waals surface area (Å²) in [5, 5.41) is 3.13. The summed E-state index contributed by atoms with van der Waals surface area (Å²) in [7, 11) is 0. The maximum Gasteiger partial charge on any atom is 0.192 e. The van der Waals surface area contributed by atoms with Crippen molar-refractivity contribution in [3.8, 4) is 0 Å². The van der Waals surface area contributed by atoms with Crippen molar-refractivity contribution in [1.82, 2.24) is 9.97 Å². The van der Waals surface area contributed by atoms with Crippen LogP contribution in [0.4, 0.5) is 17.3 Å². The van der Waals surface area contributed by atoms with Crippen molar-refractivity contribution in [2.75, 3.05) is 11.5 Å². The summed E-state index contributed by atoms with van der Waals surface area (Å²) in [5.41, 5.74) is 12.2. The number of nitrogens with zero attached hydrogens (tertiary/aromatic N) is 3. The van der Waals surface area contributed by atoms with E-state index in [0.717, 1.165) is 5.56 Å². The van der Waals surface area contributed by atoms with Crippen molar-refractivity contribution in [1.29, 1.82) is 0 Å². The number of aromatic nitrogens is 2. The highest BCUT2D eigenvalue weighted by Crippen LogP contribution is 2.29. The molecule has 0 radical (unpaired) electrons. The highest BCUT2D eigenvalue weighted by molar-refractivity contribution is 7.98. The normalized spacial score (nSPS) is 10.2. The lowest BCUT2D eigenvalue weighted by Crippen LogP contribution is -2.00. The Labute approximate surface area is 108 Å². The molecule has 7 heteroatoms. The number of rotatable bonds is 4. The summed E-state index contributed by atoms with van der Waals surface area (Å²) >= 11 is 1.40. The van der Waals surface area contributed by atoms with E-state index in [1.165, 1.54) is 11.8 Å². The van der Waals surface area contributed by atoms with Gasteiger partial charge in [0.15, 0.2) is 22.5 Å². The van der Waals surface area contributed by atoms with Crippen LogP contribution in [-0.4, -0.2) is 9.97 Å². The number of hydrogen-bond donors (Lipinski definition) is 2. The highest BCUT2D eigenvalue weighted by Gasteiger charge is 2.10. The summed E-state index contributed by atoms with van der Waals surface area (Å²) < 4.78 is 0. The van der Waals surface area contributed by atoms with E-state index in [2.05, 4.69) is 15.1 Å². The minimum atomic E-state index is -0.0981. The Morgan fingerprint density at radius 2 is 1.72 bits per heavy atom. The van der Waals surface area contributed by atoms with E-state index < -0.39 is 0 Å². The number of nitrogens with two attached hydrogens (primary N) is 2. The van der Waals surface area contributed by atoms with Gasteiger partial charge in [-0.15, -0.1) is 4.91 Å². The predicted molar refractivity (Wildman–Crippen MR) is 72.3 cm³/mol. The third kappa shape index (κ3) is 2.75. The Hall–Kier alpha value is -2.15. The molecule has 0 unspecified atom stereocenters. The second-order valence-electron chi connectivity index (χ2n) is 3.49. The zero-order valence-corrected chi connectivity index (χ0v) is 10.2. The maximum atomic E-state index is 10.4. The van der Waals surface area contributed by atoms with E-state index in [1.807, 2.05) is 30.3 Å². The molecule has 2 aromatic rings. The van der Waals surface area contributed by atoms with Gasteiger partial charge in [-0.25, -0.2) is 9.97 Å². The van der Waals surface area contributed by atoms with Gasteiger partial charge in [0.25, 0.3) is 0 Å². The van der Waals surface area contributed by atoms with E-state index in [9.17, 15) is 4.91 Å². The van der Waals surface area contributed by atoms with Crippen LogP contribution in [0.1, 0.15) is 5.56 Å². The molecule has 6 nitrogen and oxygen atoms in total. The summed E-state index contributed by atoms with van der Waals surface area (Å²) in [6.07, 6.45) is 0. The number of anilines is 2. The van der Waals surface area contributed by atoms with Crippen molar-refractivity contribution in [2.24, 2.45) is 5.18 Å². The first kappa shape index (κ1) is 12.3. The van der Waals surface area contributed by atoms with Crippen molar-refractivity contribution < 1.29 is 0 Å². The quantitative estimate of drug-likeness (QED) is 0.497. The monoisotopic (exact) mass is 261 g/mol. The number of nitroso groups, excluding NO2 is 1. The van der Waals surface area contributed by atoms with Gasteiger partial charge >= 0.3 is 0 Å². The van der Waals surface area contributed by atoms with Crippen LogP contribution in [0.25, 0.3) is 0 Å². The Morgan fingerprint density at radius 3 is 2.28 bits per heavy atom. The number of benzene rings is 1. The van der Waals surface area contributed by atoms with Crippen LogP contribution in [0.2, 0.25) is 0 Å². The number of nitrogen functional groups attached to an aromatic ring is 2. The van der Waals surface area contributed by atoms with Crippen molar-refractivity contribution in [2.45, 2.75) is 10.9 Å². The Balaban J connectivity index is 2.13. The molecule has 1 heterocycles. The second kappa shape index (κ2) is 5.46. The topological polar surface area (TPSA) is 107 Å². The lowest BCUT2D eigenvalue weighted by atomic mass is 10.2. The molecular formula is C11H11N5OS. The zero-order chi connectivity index (χ0) is 13.0. The van der Waals surface area contributed by atoms with Crippen LogP contribution in [0, 0.1) is 4.91 Å². The van der Waals surface area contributed by atoms with E-state index in [1.54, 1.807) is 0 Å². The SMILES string of the molecule is Nc1nc(SCc2ccccc2)nc(N)c1N=O. The van der Waals surface area contributed by atoms with Crippen molar-refractivity contribution >= 4 is 29.1 Å². The molecule has 0 atom stereocenters. The van der Waals surface area contributed by atoms with E-state index >= 15 is 0 Å². The van der Waals surface area contributed by atoms with Crippen LogP contribution < -0.4 is 11.5 Å².